The highest BCUT2D eigenvalue weighted by molar-refractivity contribution is 9.11. The standard InChI is InChI=1S/C11H23BrOSi/c1-11(2,3)14(4,5)13-10-8-6-7-9-12/h7,9H,6,8,10H2,1-5H3/b9-7+. The van der Waals surface area contributed by atoms with Crippen LogP contribution in [0.2, 0.25) is 18.1 Å². The Morgan fingerprint density at radius 1 is 1.29 bits per heavy atom. The number of rotatable bonds is 5. The van der Waals surface area contributed by atoms with Crippen molar-refractivity contribution >= 4 is 24.2 Å². The van der Waals surface area contributed by atoms with Crippen LogP contribution in [0.4, 0.5) is 0 Å². The quantitative estimate of drug-likeness (QED) is 0.523. The molecule has 0 radical (unpaired) electrons. The first-order chi connectivity index (χ1) is 6.31. The summed E-state index contributed by atoms with van der Waals surface area (Å²) >= 11 is 3.26. The van der Waals surface area contributed by atoms with Gasteiger partial charge in [0.05, 0.1) is 0 Å². The first kappa shape index (κ1) is 14.4. The largest absolute Gasteiger partial charge is 0.417 e. The molecule has 0 aromatic carbocycles. The minimum Gasteiger partial charge on any atom is -0.417 e. The normalized spacial score (nSPS) is 13.9. The fraction of sp³-hybridized carbons (Fsp3) is 0.818. The second-order valence-corrected chi connectivity index (χ2v) is 10.5. The maximum Gasteiger partial charge on any atom is 0.191 e. The van der Waals surface area contributed by atoms with E-state index in [1.807, 2.05) is 4.99 Å². The van der Waals surface area contributed by atoms with Crippen molar-refractivity contribution in [2.24, 2.45) is 0 Å². The Morgan fingerprint density at radius 3 is 2.29 bits per heavy atom. The van der Waals surface area contributed by atoms with Crippen LogP contribution in [-0.4, -0.2) is 14.9 Å². The first-order valence-electron chi connectivity index (χ1n) is 5.20. The predicted octanol–water partition coefficient (Wildman–Crippen LogP) is 4.70. The molecule has 0 aromatic heterocycles. The summed E-state index contributed by atoms with van der Waals surface area (Å²) in [4.78, 5) is 1.92. The molecule has 0 fully saturated rings. The van der Waals surface area contributed by atoms with Crippen molar-refractivity contribution in [2.45, 2.75) is 51.7 Å². The summed E-state index contributed by atoms with van der Waals surface area (Å²) in [7, 11) is -1.50. The lowest BCUT2D eigenvalue weighted by Gasteiger charge is -2.36. The zero-order chi connectivity index (χ0) is 11.2. The molecule has 0 saturated heterocycles. The lowest BCUT2D eigenvalue weighted by molar-refractivity contribution is 0.283. The Bertz CT molecular complexity index is 182. The average Bonchev–Trinajstić information content (AvgIpc) is 2.02. The van der Waals surface area contributed by atoms with E-state index in [1.54, 1.807) is 0 Å². The van der Waals surface area contributed by atoms with E-state index in [0.29, 0.717) is 5.04 Å². The summed E-state index contributed by atoms with van der Waals surface area (Å²) in [6.45, 7) is 12.3. The van der Waals surface area contributed by atoms with Gasteiger partial charge in [0.15, 0.2) is 8.32 Å². The van der Waals surface area contributed by atoms with Gasteiger partial charge in [-0.1, -0.05) is 42.8 Å². The van der Waals surface area contributed by atoms with E-state index in [9.17, 15) is 0 Å². The van der Waals surface area contributed by atoms with Crippen LogP contribution in [0.15, 0.2) is 11.1 Å². The molecule has 0 rings (SSSR count). The van der Waals surface area contributed by atoms with Crippen LogP contribution in [0.5, 0.6) is 0 Å². The molecule has 0 unspecified atom stereocenters. The number of halogens is 1. The molecule has 0 aliphatic rings. The molecule has 0 bridgehead atoms. The second kappa shape index (κ2) is 6.08. The van der Waals surface area contributed by atoms with Crippen LogP contribution in [0.1, 0.15) is 33.6 Å². The summed E-state index contributed by atoms with van der Waals surface area (Å²) < 4.78 is 6.03. The highest BCUT2D eigenvalue weighted by atomic mass is 79.9. The number of unbranched alkanes of at least 4 members (excludes halogenated alkanes) is 1. The summed E-state index contributed by atoms with van der Waals surface area (Å²) in [5.41, 5.74) is 0. The van der Waals surface area contributed by atoms with Gasteiger partial charge in [-0.2, -0.15) is 0 Å². The third kappa shape index (κ3) is 5.32. The monoisotopic (exact) mass is 278 g/mol. The Labute approximate surface area is 98.2 Å². The van der Waals surface area contributed by atoms with Gasteiger partial charge in [-0.25, -0.2) is 0 Å². The SMILES string of the molecule is CC(C)(C)[Si](C)(C)OCCC/C=C/Br. The summed E-state index contributed by atoms with van der Waals surface area (Å²) in [6.07, 6.45) is 4.34. The molecule has 3 heteroatoms. The van der Waals surface area contributed by atoms with Crippen LogP contribution >= 0.6 is 15.9 Å². The predicted molar refractivity (Wildman–Crippen MR) is 70.5 cm³/mol. The third-order valence-corrected chi connectivity index (χ3v) is 7.79. The molecule has 0 aromatic rings. The van der Waals surface area contributed by atoms with E-state index < -0.39 is 8.32 Å². The summed E-state index contributed by atoms with van der Waals surface area (Å²) in [5, 5.41) is 0.332. The smallest absolute Gasteiger partial charge is 0.191 e. The van der Waals surface area contributed by atoms with Gasteiger partial charge >= 0.3 is 0 Å². The minimum atomic E-state index is -1.50. The van der Waals surface area contributed by atoms with Crippen molar-refractivity contribution in [2.75, 3.05) is 6.61 Å². The van der Waals surface area contributed by atoms with E-state index in [2.05, 4.69) is 55.9 Å². The van der Waals surface area contributed by atoms with Gasteiger partial charge in [0.1, 0.15) is 0 Å². The fourth-order valence-corrected chi connectivity index (χ4v) is 2.16. The van der Waals surface area contributed by atoms with Gasteiger partial charge in [0, 0.05) is 6.61 Å². The maximum absolute atomic E-state index is 6.03. The van der Waals surface area contributed by atoms with E-state index in [4.69, 9.17) is 4.43 Å². The molecular weight excluding hydrogens is 256 g/mol. The molecule has 0 N–H and O–H groups in total. The molecule has 0 aliphatic carbocycles. The van der Waals surface area contributed by atoms with Crippen molar-refractivity contribution in [1.29, 1.82) is 0 Å². The van der Waals surface area contributed by atoms with E-state index >= 15 is 0 Å². The van der Waals surface area contributed by atoms with Gasteiger partial charge < -0.3 is 4.43 Å². The first-order valence-corrected chi connectivity index (χ1v) is 9.03. The van der Waals surface area contributed by atoms with Crippen molar-refractivity contribution in [3.8, 4) is 0 Å². The van der Waals surface area contributed by atoms with Crippen LogP contribution < -0.4 is 0 Å². The van der Waals surface area contributed by atoms with E-state index in [0.717, 1.165) is 19.4 Å². The molecule has 0 amide bonds. The van der Waals surface area contributed by atoms with Crippen molar-refractivity contribution in [3.05, 3.63) is 11.1 Å². The molecule has 0 saturated carbocycles. The van der Waals surface area contributed by atoms with Gasteiger partial charge in [-0.05, 0) is 36.0 Å². The van der Waals surface area contributed by atoms with Gasteiger partial charge in [-0.3, -0.25) is 0 Å². The lowest BCUT2D eigenvalue weighted by Crippen LogP contribution is -2.40. The molecule has 14 heavy (non-hydrogen) atoms. The second-order valence-electron chi connectivity index (χ2n) is 5.11. The maximum atomic E-state index is 6.03. The van der Waals surface area contributed by atoms with Gasteiger partial charge in [0.25, 0.3) is 0 Å². The Kier molecular flexibility index (Phi) is 6.26. The number of hydrogen-bond acceptors (Lipinski definition) is 1. The topological polar surface area (TPSA) is 9.23 Å². The van der Waals surface area contributed by atoms with Crippen LogP contribution in [-0.2, 0) is 4.43 Å². The lowest BCUT2D eigenvalue weighted by atomic mass is 10.2. The molecule has 0 spiro atoms. The Morgan fingerprint density at radius 2 is 1.86 bits per heavy atom. The molecule has 0 atom stereocenters. The fourth-order valence-electron chi connectivity index (χ4n) is 0.808. The summed E-state index contributed by atoms with van der Waals surface area (Å²) in [6, 6.07) is 0. The Balaban J connectivity index is 3.77. The van der Waals surface area contributed by atoms with Gasteiger partial charge in [0.2, 0.25) is 0 Å². The van der Waals surface area contributed by atoms with Crippen molar-refractivity contribution < 1.29 is 4.43 Å². The highest BCUT2D eigenvalue weighted by Crippen LogP contribution is 2.36. The molecule has 1 nitrogen and oxygen atoms in total. The van der Waals surface area contributed by atoms with Crippen LogP contribution in [0.3, 0.4) is 0 Å². The van der Waals surface area contributed by atoms with Crippen molar-refractivity contribution in [1.82, 2.24) is 0 Å². The van der Waals surface area contributed by atoms with E-state index in [1.165, 1.54) is 0 Å². The number of allylic oxidation sites excluding steroid dienone is 1. The number of hydrogen-bond donors (Lipinski definition) is 0. The Hall–Kier alpha value is 0.397. The highest BCUT2D eigenvalue weighted by Gasteiger charge is 2.36. The molecular formula is C11H23BrOSi. The van der Waals surface area contributed by atoms with Crippen LogP contribution in [0, 0.1) is 0 Å². The van der Waals surface area contributed by atoms with E-state index in [-0.39, 0.29) is 0 Å². The molecule has 84 valence electrons. The zero-order valence-electron chi connectivity index (χ0n) is 10.1. The zero-order valence-corrected chi connectivity index (χ0v) is 12.6. The van der Waals surface area contributed by atoms with Crippen molar-refractivity contribution in [3.63, 3.8) is 0 Å². The molecule has 0 heterocycles. The summed E-state index contributed by atoms with van der Waals surface area (Å²) in [5.74, 6) is 0. The van der Waals surface area contributed by atoms with Crippen LogP contribution in [0.25, 0.3) is 0 Å². The van der Waals surface area contributed by atoms with Gasteiger partial charge in [-0.15, -0.1) is 0 Å². The third-order valence-electron chi connectivity index (χ3n) is 2.87. The average molecular weight is 279 g/mol. The minimum absolute atomic E-state index is 0.332. The molecule has 0 aliphatic heterocycles.